The van der Waals surface area contributed by atoms with Crippen LogP contribution >= 0.6 is 11.6 Å². The molecule has 0 radical (unpaired) electrons. The Morgan fingerprint density at radius 2 is 2.17 bits per heavy atom. The smallest absolute Gasteiger partial charge is 0.137 e. The van der Waals surface area contributed by atoms with E-state index in [9.17, 15) is 0 Å². The van der Waals surface area contributed by atoms with E-state index in [1.165, 1.54) is 0 Å². The van der Waals surface area contributed by atoms with Crippen molar-refractivity contribution in [3.05, 3.63) is 29.8 Å². The monoisotopic (exact) mass is 264 g/mol. The number of nitrogens with zero attached hydrogens (tertiary/aromatic N) is 3. The fraction of sp³-hybridized carbons (Fsp3) is 0.385. The van der Waals surface area contributed by atoms with Crippen LogP contribution < -0.4 is 5.73 Å². The van der Waals surface area contributed by atoms with Gasteiger partial charge in [0.15, 0.2) is 0 Å². The predicted molar refractivity (Wildman–Crippen MR) is 74.3 cm³/mol. The van der Waals surface area contributed by atoms with Crippen molar-refractivity contribution in [3.8, 4) is 11.1 Å². The maximum atomic E-state index is 6.06. The van der Waals surface area contributed by atoms with Gasteiger partial charge >= 0.3 is 0 Å². The van der Waals surface area contributed by atoms with Crippen LogP contribution in [0.4, 0.5) is 5.69 Å². The Morgan fingerprint density at radius 1 is 1.39 bits per heavy atom. The quantitative estimate of drug-likeness (QED) is 0.863. The van der Waals surface area contributed by atoms with E-state index >= 15 is 0 Å². The molecular formula is C13H17ClN4. The zero-order valence-corrected chi connectivity index (χ0v) is 11.4. The first-order valence-corrected chi connectivity index (χ1v) is 6.38. The summed E-state index contributed by atoms with van der Waals surface area (Å²) < 4.78 is 1.93. The Hall–Kier alpha value is -1.55. The SMILES string of the molecule is CC(C)CCn1cc(-c2cc(N)cnc2Cl)cn1. The van der Waals surface area contributed by atoms with Crippen LogP contribution in [0.2, 0.25) is 5.15 Å². The van der Waals surface area contributed by atoms with Crippen LogP contribution in [0.3, 0.4) is 0 Å². The van der Waals surface area contributed by atoms with Gasteiger partial charge in [0.25, 0.3) is 0 Å². The molecule has 5 heteroatoms. The van der Waals surface area contributed by atoms with Crippen molar-refractivity contribution in [2.45, 2.75) is 26.8 Å². The summed E-state index contributed by atoms with van der Waals surface area (Å²) in [6, 6.07) is 1.82. The summed E-state index contributed by atoms with van der Waals surface area (Å²) >= 11 is 6.06. The van der Waals surface area contributed by atoms with E-state index < -0.39 is 0 Å². The lowest BCUT2D eigenvalue weighted by Gasteiger charge is -2.04. The maximum Gasteiger partial charge on any atom is 0.137 e. The van der Waals surface area contributed by atoms with E-state index in [1.54, 1.807) is 12.4 Å². The second-order valence-electron chi connectivity index (χ2n) is 4.78. The molecule has 0 saturated heterocycles. The van der Waals surface area contributed by atoms with Gasteiger partial charge in [-0.3, -0.25) is 4.68 Å². The van der Waals surface area contributed by atoms with E-state index in [0.717, 1.165) is 24.1 Å². The Balaban J connectivity index is 2.21. The van der Waals surface area contributed by atoms with Crippen molar-refractivity contribution in [1.29, 1.82) is 0 Å². The number of rotatable bonds is 4. The first-order valence-electron chi connectivity index (χ1n) is 6.00. The second kappa shape index (κ2) is 5.40. The molecule has 0 saturated carbocycles. The molecule has 0 unspecified atom stereocenters. The highest BCUT2D eigenvalue weighted by Crippen LogP contribution is 2.27. The first-order chi connectivity index (χ1) is 8.56. The molecule has 2 rings (SSSR count). The lowest BCUT2D eigenvalue weighted by Crippen LogP contribution is -2.01. The highest BCUT2D eigenvalue weighted by molar-refractivity contribution is 6.32. The minimum absolute atomic E-state index is 0.451. The van der Waals surface area contributed by atoms with Gasteiger partial charge in [-0.15, -0.1) is 0 Å². The molecule has 2 N–H and O–H groups in total. The summed E-state index contributed by atoms with van der Waals surface area (Å²) in [5, 5.41) is 4.78. The molecule has 0 aliphatic carbocycles. The van der Waals surface area contributed by atoms with Crippen molar-refractivity contribution >= 4 is 17.3 Å². The number of hydrogen-bond acceptors (Lipinski definition) is 3. The first kappa shape index (κ1) is 12.9. The number of nitrogens with two attached hydrogens (primary N) is 1. The number of anilines is 1. The summed E-state index contributed by atoms with van der Waals surface area (Å²) in [6.07, 6.45) is 6.42. The standard InChI is InChI=1S/C13H17ClN4/c1-9(2)3-4-18-8-10(6-17-18)12-5-11(15)7-16-13(12)14/h5-9H,3-4,15H2,1-2H3. The van der Waals surface area contributed by atoms with Gasteiger partial charge < -0.3 is 5.73 Å². The summed E-state index contributed by atoms with van der Waals surface area (Å²) in [6.45, 7) is 5.30. The Bertz CT molecular complexity index is 534. The number of hydrogen-bond donors (Lipinski definition) is 1. The van der Waals surface area contributed by atoms with E-state index in [1.807, 2.05) is 16.9 Å². The fourth-order valence-electron chi connectivity index (χ4n) is 1.68. The number of nitrogen functional groups attached to an aromatic ring is 1. The topological polar surface area (TPSA) is 56.7 Å². The van der Waals surface area contributed by atoms with Crippen LogP contribution in [-0.2, 0) is 6.54 Å². The molecule has 18 heavy (non-hydrogen) atoms. The van der Waals surface area contributed by atoms with Crippen molar-refractivity contribution < 1.29 is 0 Å². The Kier molecular flexibility index (Phi) is 3.87. The third kappa shape index (κ3) is 3.01. The highest BCUT2D eigenvalue weighted by atomic mass is 35.5. The molecule has 0 bridgehead atoms. The summed E-state index contributed by atoms with van der Waals surface area (Å²) in [7, 11) is 0. The van der Waals surface area contributed by atoms with Crippen LogP contribution in [0.1, 0.15) is 20.3 Å². The molecular weight excluding hydrogens is 248 g/mol. The Morgan fingerprint density at radius 3 is 2.89 bits per heavy atom. The molecule has 96 valence electrons. The molecule has 2 aromatic rings. The highest BCUT2D eigenvalue weighted by Gasteiger charge is 2.08. The van der Waals surface area contributed by atoms with Gasteiger partial charge in [0.05, 0.1) is 18.1 Å². The van der Waals surface area contributed by atoms with Crippen molar-refractivity contribution in [2.24, 2.45) is 5.92 Å². The molecule has 0 aromatic carbocycles. The van der Waals surface area contributed by atoms with Gasteiger partial charge in [-0.25, -0.2) is 4.98 Å². The normalized spacial score (nSPS) is 11.1. The van der Waals surface area contributed by atoms with Crippen molar-refractivity contribution in [3.63, 3.8) is 0 Å². The number of aromatic nitrogens is 3. The van der Waals surface area contributed by atoms with Gasteiger partial charge in [0.1, 0.15) is 5.15 Å². The van der Waals surface area contributed by atoms with Crippen LogP contribution in [0, 0.1) is 5.92 Å². The van der Waals surface area contributed by atoms with Gasteiger partial charge in [0, 0.05) is 23.9 Å². The van der Waals surface area contributed by atoms with Gasteiger partial charge in [0.2, 0.25) is 0 Å². The third-order valence-corrected chi connectivity index (χ3v) is 3.04. The van der Waals surface area contributed by atoms with E-state index in [2.05, 4.69) is 23.9 Å². The summed E-state index contributed by atoms with van der Waals surface area (Å²) in [4.78, 5) is 4.04. The van der Waals surface area contributed by atoms with E-state index in [-0.39, 0.29) is 0 Å². The molecule has 0 fully saturated rings. The lowest BCUT2D eigenvalue weighted by atomic mass is 10.1. The molecule has 2 heterocycles. The van der Waals surface area contributed by atoms with Crippen LogP contribution in [-0.4, -0.2) is 14.8 Å². The minimum atomic E-state index is 0.451. The second-order valence-corrected chi connectivity index (χ2v) is 5.14. The zero-order valence-electron chi connectivity index (χ0n) is 10.6. The van der Waals surface area contributed by atoms with Crippen LogP contribution in [0.15, 0.2) is 24.7 Å². The third-order valence-electron chi connectivity index (χ3n) is 2.74. The van der Waals surface area contributed by atoms with Crippen LogP contribution in [0.5, 0.6) is 0 Å². The van der Waals surface area contributed by atoms with Crippen molar-refractivity contribution in [1.82, 2.24) is 14.8 Å². The van der Waals surface area contributed by atoms with Gasteiger partial charge in [-0.05, 0) is 18.4 Å². The maximum absolute atomic E-state index is 6.06. The van der Waals surface area contributed by atoms with E-state index in [0.29, 0.717) is 16.8 Å². The lowest BCUT2D eigenvalue weighted by molar-refractivity contribution is 0.487. The zero-order chi connectivity index (χ0) is 13.1. The van der Waals surface area contributed by atoms with Crippen LogP contribution in [0.25, 0.3) is 11.1 Å². The predicted octanol–water partition coefficient (Wildman–Crippen LogP) is 3.23. The summed E-state index contributed by atoms with van der Waals surface area (Å²) in [5.74, 6) is 0.662. The molecule has 4 nitrogen and oxygen atoms in total. The number of pyridine rings is 1. The molecule has 0 spiro atoms. The average Bonchev–Trinajstić information content (AvgIpc) is 2.78. The molecule has 0 aliphatic rings. The van der Waals surface area contributed by atoms with Gasteiger partial charge in [-0.2, -0.15) is 5.10 Å². The number of aryl methyl sites for hydroxylation is 1. The molecule has 2 aromatic heterocycles. The van der Waals surface area contributed by atoms with Crippen molar-refractivity contribution in [2.75, 3.05) is 5.73 Å². The fourth-order valence-corrected chi connectivity index (χ4v) is 1.89. The molecule has 0 aliphatic heterocycles. The number of halogens is 1. The summed E-state index contributed by atoms with van der Waals surface area (Å²) in [5.41, 5.74) is 8.10. The van der Waals surface area contributed by atoms with Gasteiger partial charge in [-0.1, -0.05) is 25.4 Å². The van der Waals surface area contributed by atoms with E-state index in [4.69, 9.17) is 17.3 Å². The molecule has 0 atom stereocenters. The molecule has 0 amide bonds. The average molecular weight is 265 g/mol. The Labute approximate surface area is 112 Å². The minimum Gasteiger partial charge on any atom is -0.397 e. The largest absolute Gasteiger partial charge is 0.397 e.